The van der Waals surface area contributed by atoms with Gasteiger partial charge in [-0.1, -0.05) is 25.2 Å². The van der Waals surface area contributed by atoms with Crippen molar-refractivity contribution in [3.63, 3.8) is 0 Å². The van der Waals surface area contributed by atoms with Crippen LogP contribution in [0.3, 0.4) is 0 Å². The average molecular weight is 206 g/mol. The molecule has 0 aromatic rings. The van der Waals surface area contributed by atoms with Crippen molar-refractivity contribution in [2.24, 2.45) is 11.8 Å². The van der Waals surface area contributed by atoms with Crippen LogP contribution in [0.25, 0.3) is 0 Å². The van der Waals surface area contributed by atoms with Crippen molar-refractivity contribution in [3.8, 4) is 0 Å². The predicted octanol–water partition coefficient (Wildman–Crippen LogP) is 2.28. The van der Waals surface area contributed by atoms with E-state index in [2.05, 4.69) is 25.2 Å². The monoisotopic (exact) mass is 206 g/mol. The molecule has 4 atom stereocenters. The van der Waals surface area contributed by atoms with Gasteiger partial charge in [0.1, 0.15) is 0 Å². The molecule has 3 rings (SSSR count). The smallest absolute Gasteiger partial charge is 0.163 e. The molecule has 0 spiro atoms. The molecular formula is C11H14O2Si. The van der Waals surface area contributed by atoms with Gasteiger partial charge >= 0.3 is 0 Å². The van der Waals surface area contributed by atoms with Crippen molar-refractivity contribution in [1.82, 2.24) is 0 Å². The summed E-state index contributed by atoms with van der Waals surface area (Å²) in [5.41, 5.74) is 0.950. The molecule has 0 aromatic heterocycles. The number of hydrogen-bond donors (Lipinski definition) is 1. The van der Waals surface area contributed by atoms with Crippen molar-refractivity contribution < 1.29 is 9.90 Å². The molecule has 2 heterocycles. The molecule has 14 heavy (non-hydrogen) atoms. The topological polar surface area (TPSA) is 37.3 Å². The number of carbonyl (C=O) groups excluding carboxylic acids is 1. The molecule has 74 valence electrons. The average Bonchev–Trinajstić information content (AvgIpc) is 2.63. The van der Waals surface area contributed by atoms with Crippen LogP contribution in [0.4, 0.5) is 0 Å². The van der Waals surface area contributed by atoms with Crippen LogP contribution in [0.5, 0.6) is 0 Å². The molecule has 3 heteroatoms. The van der Waals surface area contributed by atoms with Gasteiger partial charge in [0.25, 0.3) is 0 Å². The molecule has 1 fully saturated rings. The molecule has 0 amide bonds. The maximum atomic E-state index is 11.7. The first-order valence-corrected chi connectivity index (χ1v) is 8.31. The van der Waals surface area contributed by atoms with Gasteiger partial charge < -0.3 is 5.11 Å². The first kappa shape index (κ1) is 8.47. The quantitative estimate of drug-likeness (QED) is 0.487. The van der Waals surface area contributed by atoms with Crippen molar-refractivity contribution in [2.75, 3.05) is 0 Å². The highest BCUT2D eigenvalue weighted by Crippen LogP contribution is 2.63. The second-order valence-corrected chi connectivity index (χ2v) is 10.3. The Morgan fingerprint density at radius 1 is 1.21 bits per heavy atom. The van der Waals surface area contributed by atoms with E-state index in [4.69, 9.17) is 0 Å². The van der Waals surface area contributed by atoms with Gasteiger partial charge in [0.05, 0.1) is 13.8 Å². The SMILES string of the molecule is C[Si]1(C)[C@H]2C=C[C@H]1[C@H]1C(O)=CC(=O)[C@@H]12. The molecule has 0 radical (unpaired) electrons. The Kier molecular flexibility index (Phi) is 1.34. The summed E-state index contributed by atoms with van der Waals surface area (Å²) in [5.74, 6) is 0.730. The van der Waals surface area contributed by atoms with Gasteiger partial charge in [-0.25, -0.2) is 0 Å². The van der Waals surface area contributed by atoms with Crippen LogP contribution >= 0.6 is 0 Å². The molecule has 1 aliphatic carbocycles. The molecule has 0 saturated carbocycles. The molecular weight excluding hydrogens is 192 g/mol. The van der Waals surface area contributed by atoms with Crippen molar-refractivity contribution in [1.29, 1.82) is 0 Å². The first-order chi connectivity index (χ1) is 6.53. The van der Waals surface area contributed by atoms with E-state index in [0.717, 1.165) is 0 Å². The number of fused-ring (bicyclic) bond motifs is 5. The lowest BCUT2D eigenvalue weighted by Crippen LogP contribution is -2.29. The summed E-state index contributed by atoms with van der Waals surface area (Å²) >= 11 is 0. The van der Waals surface area contributed by atoms with Crippen LogP contribution in [0, 0.1) is 11.8 Å². The maximum Gasteiger partial charge on any atom is 0.163 e. The minimum atomic E-state index is -1.35. The molecule has 0 unspecified atom stereocenters. The van der Waals surface area contributed by atoms with E-state index in [0.29, 0.717) is 16.8 Å². The van der Waals surface area contributed by atoms with Crippen LogP contribution in [-0.4, -0.2) is 19.0 Å². The van der Waals surface area contributed by atoms with Crippen molar-refractivity contribution in [2.45, 2.75) is 24.2 Å². The summed E-state index contributed by atoms with van der Waals surface area (Å²) in [6.07, 6.45) is 5.91. The van der Waals surface area contributed by atoms with Gasteiger partial charge in [-0.05, 0) is 11.1 Å². The van der Waals surface area contributed by atoms with E-state index in [1.807, 2.05) is 0 Å². The summed E-state index contributed by atoms with van der Waals surface area (Å²) in [5, 5.41) is 9.75. The second-order valence-electron chi connectivity index (χ2n) is 5.28. The lowest BCUT2D eigenvalue weighted by Gasteiger charge is -2.23. The predicted molar refractivity (Wildman–Crippen MR) is 56.8 cm³/mol. The van der Waals surface area contributed by atoms with Gasteiger partial charge in [-0.15, -0.1) is 0 Å². The van der Waals surface area contributed by atoms with Gasteiger partial charge in [0, 0.05) is 17.9 Å². The van der Waals surface area contributed by atoms with Gasteiger partial charge in [0.2, 0.25) is 0 Å². The van der Waals surface area contributed by atoms with Gasteiger partial charge in [0.15, 0.2) is 5.78 Å². The Hall–Kier alpha value is -0.833. The minimum absolute atomic E-state index is 0.0895. The number of aliphatic hydroxyl groups excluding tert-OH is 1. The maximum absolute atomic E-state index is 11.7. The van der Waals surface area contributed by atoms with Crippen LogP contribution < -0.4 is 0 Å². The number of rotatable bonds is 0. The van der Waals surface area contributed by atoms with Crippen LogP contribution in [0.1, 0.15) is 0 Å². The van der Waals surface area contributed by atoms with Gasteiger partial charge in [-0.3, -0.25) is 4.79 Å². The summed E-state index contributed by atoms with van der Waals surface area (Å²) < 4.78 is 0. The van der Waals surface area contributed by atoms with Crippen LogP contribution in [0.15, 0.2) is 24.0 Å². The molecule has 1 N–H and O–H groups in total. The highest BCUT2D eigenvalue weighted by molar-refractivity contribution is 6.83. The van der Waals surface area contributed by atoms with E-state index in [1.165, 1.54) is 6.08 Å². The Morgan fingerprint density at radius 2 is 1.79 bits per heavy atom. The largest absolute Gasteiger partial charge is 0.512 e. The summed E-state index contributed by atoms with van der Waals surface area (Å²) in [4.78, 5) is 11.7. The van der Waals surface area contributed by atoms with Crippen LogP contribution in [0.2, 0.25) is 24.2 Å². The lowest BCUT2D eigenvalue weighted by atomic mass is 9.84. The summed E-state index contributed by atoms with van der Waals surface area (Å²) in [6, 6.07) is 0. The van der Waals surface area contributed by atoms with E-state index >= 15 is 0 Å². The third kappa shape index (κ3) is 0.715. The molecule has 3 aliphatic rings. The Bertz CT molecular complexity index is 381. The Morgan fingerprint density at radius 3 is 2.36 bits per heavy atom. The Balaban J connectivity index is 2.13. The zero-order chi connectivity index (χ0) is 10.1. The fraction of sp³-hybridized carbons (Fsp3) is 0.545. The van der Waals surface area contributed by atoms with E-state index in [1.54, 1.807) is 0 Å². The first-order valence-electron chi connectivity index (χ1n) is 5.16. The second kappa shape index (κ2) is 2.22. The molecule has 2 nitrogen and oxygen atoms in total. The summed E-state index contributed by atoms with van der Waals surface area (Å²) in [7, 11) is -1.35. The Labute approximate surface area is 84.3 Å². The van der Waals surface area contributed by atoms with Crippen molar-refractivity contribution in [3.05, 3.63) is 24.0 Å². The number of hydrogen-bond acceptors (Lipinski definition) is 2. The highest BCUT2D eigenvalue weighted by Gasteiger charge is 2.62. The number of aliphatic hydroxyl groups is 1. The number of ketones is 1. The van der Waals surface area contributed by atoms with Crippen LogP contribution in [-0.2, 0) is 4.79 Å². The highest BCUT2D eigenvalue weighted by atomic mass is 28.3. The van der Waals surface area contributed by atoms with E-state index < -0.39 is 8.07 Å². The third-order valence-electron chi connectivity index (χ3n) is 4.36. The zero-order valence-corrected chi connectivity index (χ0v) is 9.40. The standard InChI is InChI=1S/C11H14O2Si/c1-14(2)8-3-4-9(14)11-7(13)5-6(12)10(8)11/h3-5,8-12H,1-2H3/t8-,9-,10+,11+/m0/s1. The fourth-order valence-electron chi connectivity index (χ4n) is 3.63. The molecule has 2 aliphatic heterocycles. The molecule has 2 bridgehead atoms. The number of carbonyl (C=O) groups is 1. The molecule has 1 saturated heterocycles. The third-order valence-corrected chi connectivity index (χ3v) is 8.90. The fourth-order valence-corrected chi connectivity index (χ4v) is 7.89. The molecule has 0 aromatic carbocycles. The minimum Gasteiger partial charge on any atom is -0.512 e. The lowest BCUT2D eigenvalue weighted by molar-refractivity contribution is -0.118. The zero-order valence-electron chi connectivity index (χ0n) is 8.40. The summed E-state index contributed by atoms with van der Waals surface area (Å²) in [6.45, 7) is 4.67. The van der Waals surface area contributed by atoms with E-state index in [-0.39, 0.29) is 17.6 Å². The van der Waals surface area contributed by atoms with Gasteiger partial charge in [-0.2, -0.15) is 0 Å². The van der Waals surface area contributed by atoms with E-state index in [9.17, 15) is 9.90 Å². The number of allylic oxidation sites excluding steroid dienone is 4. The van der Waals surface area contributed by atoms with Crippen molar-refractivity contribution >= 4 is 13.9 Å². The normalized spacial score (nSPS) is 47.0.